The van der Waals surface area contributed by atoms with E-state index in [0.717, 1.165) is 0 Å². The number of benzene rings is 1. The first kappa shape index (κ1) is 9.45. The lowest BCUT2D eigenvalue weighted by atomic mass is 10.1. The molecule has 6 nitrogen and oxygen atoms in total. The number of hydrogen-bond acceptors (Lipinski definition) is 5. The van der Waals surface area contributed by atoms with Crippen molar-refractivity contribution < 1.29 is 24.5 Å². The Kier molecular flexibility index (Phi) is 2.03. The van der Waals surface area contributed by atoms with E-state index in [4.69, 9.17) is 20.3 Å². The number of anilines is 1. The fraction of sp³-hybridized carbons (Fsp3) is 0.222. The van der Waals surface area contributed by atoms with Crippen LogP contribution in [-0.4, -0.2) is 29.4 Å². The summed E-state index contributed by atoms with van der Waals surface area (Å²) in [7, 11) is 0. The quantitative estimate of drug-likeness (QED) is 0.460. The summed E-state index contributed by atoms with van der Waals surface area (Å²) in [5.74, 6) is -1.32. The van der Waals surface area contributed by atoms with Crippen molar-refractivity contribution in [3.8, 4) is 17.2 Å². The molecule has 1 aromatic carbocycles. The van der Waals surface area contributed by atoms with E-state index in [0.29, 0.717) is 13.2 Å². The molecule has 80 valence electrons. The molecule has 1 aromatic rings. The SMILES string of the molecule is Nc1c(O)c(C(=O)O)cc2c1OCCO2. The van der Waals surface area contributed by atoms with Crippen molar-refractivity contribution in [3.05, 3.63) is 11.6 Å². The van der Waals surface area contributed by atoms with Crippen LogP contribution >= 0.6 is 0 Å². The van der Waals surface area contributed by atoms with Gasteiger partial charge in [-0.2, -0.15) is 0 Å². The van der Waals surface area contributed by atoms with Crippen LogP contribution in [0.25, 0.3) is 0 Å². The highest BCUT2D eigenvalue weighted by Gasteiger charge is 2.23. The number of carboxylic acid groups (broad SMARTS) is 1. The second kappa shape index (κ2) is 3.23. The van der Waals surface area contributed by atoms with Gasteiger partial charge in [-0.1, -0.05) is 0 Å². The van der Waals surface area contributed by atoms with E-state index < -0.39 is 11.7 Å². The van der Waals surface area contributed by atoms with E-state index in [9.17, 15) is 9.90 Å². The van der Waals surface area contributed by atoms with E-state index in [-0.39, 0.29) is 22.7 Å². The Morgan fingerprint density at radius 3 is 2.73 bits per heavy atom. The highest BCUT2D eigenvalue weighted by molar-refractivity contribution is 5.95. The molecule has 2 rings (SSSR count). The summed E-state index contributed by atoms with van der Waals surface area (Å²) in [6, 6.07) is 1.20. The van der Waals surface area contributed by atoms with Crippen LogP contribution in [0, 0.1) is 0 Å². The normalized spacial score (nSPS) is 13.6. The average Bonchev–Trinajstić information content (AvgIpc) is 2.23. The van der Waals surface area contributed by atoms with Crippen LogP contribution in [-0.2, 0) is 0 Å². The number of fused-ring (bicyclic) bond motifs is 1. The van der Waals surface area contributed by atoms with E-state index in [1.807, 2.05) is 0 Å². The number of carbonyl (C=O) groups is 1. The molecule has 0 aliphatic carbocycles. The predicted molar refractivity (Wildman–Crippen MR) is 50.5 cm³/mol. The molecule has 0 aromatic heterocycles. The molecule has 4 N–H and O–H groups in total. The number of aromatic hydroxyl groups is 1. The van der Waals surface area contributed by atoms with Crippen LogP contribution in [0.3, 0.4) is 0 Å². The number of hydrogen-bond donors (Lipinski definition) is 3. The molecule has 0 unspecified atom stereocenters. The molecule has 0 bridgehead atoms. The van der Waals surface area contributed by atoms with Crippen molar-refractivity contribution in [2.75, 3.05) is 18.9 Å². The van der Waals surface area contributed by atoms with Gasteiger partial charge in [-0.15, -0.1) is 0 Å². The lowest BCUT2D eigenvalue weighted by Gasteiger charge is -2.20. The van der Waals surface area contributed by atoms with Gasteiger partial charge in [-0.05, 0) is 0 Å². The van der Waals surface area contributed by atoms with Crippen LogP contribution in [0.1, 0.15) is 10.4 Å². The number of aromatic carboxylic acids is 1. The number of rotatable bonds is 1. The molecule has 0 fully saturated rings. The van der Waals surface area contributed by atoms with Crippen molar-refractivity contribution in [2.24, 2.45) is 0 Å². The summed E-state index contributed by atoms with van der Waals surface area (Å²) >= 11 is 0. The Morgan fingerprint density at radius 1 is 1.40 bits per heavy atom. The minimum absolute atomic E-state index is 0.107. The average molecular weight is 211 g/mol. The molecule has 6 heteroatoms. The maximum absolute atomic E-state index is 10.7. The van der Waals surface area contributed by atoms with E-state index in [2.05, 4.69) is 0 Å². The number of nitrogens with two attached hydrogens (primary N) is 1. The summed E-state index contributed by atoms with van der Waals surface area (Å²) in [5, 5.41) is 18.3. The summed E-state index contributed by atoms with van der Waals surface area (Å²) < 4.78 is 10.3. The Balaban J connectivity index is 2.63. The lowest BCUT2D eigenvalue weighted by Crippen LogP contribution is -2.17. The third-order valence-corrected chi connectivity index (χ3v) is 2.07. The summed E-state index contributed by atoms with van der Waals surface area (Å²) in [6.45, 7) is 0.652. The first-order valence-corrected chi connectivity index (χ1v) is 4.25. The first-order valence-electron chi connectivity index (χ1n) is 4.25. The molecule has 1 heterocycles. The van der Waals surface area contributed by atoms with E-state index >= 15 is 0 Å². The lowest BCUT2D eigenvalue weighted by molar-refractivity contribution is 0.0692. The molecular weight excluding hydrogens is 202 g/mol. The molecular formula is C9H9NO5. The van der Waals surface area contributed by atoms with Crippen molar-refractivity contribution >= 4 is 11.7 Å². The van der Waals surface area contributed by atoms with Gasteiger partial charge in [0.1, 0.15) is 24.5 Å². The molecule has 0 saturated carbocycles. The standard InChI is InChI=1S/C9H9NO5/c10-6-7(11)4(9(12)13)3-5-8(6)15-2-1-14-5/h3,11H,1-2,10H2,(H,12,13). The monoisotopic (exact) mass is 211 g/mol. The Hall–Kier alpha value is -2.11. The largest absolute Gasteiger partial charge is 0.505 e. The molecule has 0 saturated heterocycles. The Morgan fingerprint density at radius 2 is 2.07 bits per heavy atom. The van der Waals surface area contributed by atoms with Crippen LogP contribution in [0.5, 0.6) is 17.2 Å². The summed E-state index contributed by atoms with van der Waals surface area (Å²) in [4.78, 5) is 10.7. The van der Waals surface area contributed by atoms with E-state index in [1.165, 1.54) is 6.07 Å². The zero-order valence-electron chi connectivity index (χ0n) is 7.69. The molecule has 0 amide bonds. The second-order valence-corrected chi connectivity index (χ2v) is 3.02. The van der Waals surface area contributed by atoms with Crippen LogP contribution in [0.15, 0.2) is 6.07 Å². The van der Waals surface area contributed by atoms with Crippen molar-refractivity contribution in [2.45, 2.75) is 0 Å². The van der Waals surface area contributed by atoms with Gasteiger partial charge in [0, 0.05) is 6.07 Å². The number of ether oxygens (including phenoxy) is 2. The zero-order valence-corrected chi connectivity index (χ0v) is 7.69. The Bertz CT molecular complexity index is 429. The van der Waals surface area contributed by atoms with Crippen LogP contribution in [0.2, 0.25) is 0 Å². The minimum Gasteiger partial charge on any atom is -0.505 e. The fourth-order valence-electron chi connectivity index (χ4n) is 1.36. The summed E-state index contributed by atoms with van der Waals surface area (Å²) in [5.41, 5.74) is 5.12. The molecule has 1 aliphatic heterocycles. The molecule has 1 aliphatic rings. The predicted octanol–water partition coefficient (Wildman–Crippen LogP) is 0.444. The topological polar surface area (TPSA) is 102 Å². The number of nitrogen functional groups attached to an aromatic ring is 1. The smallest absolute Gasteiger partial charge is 0.339 e. The highest BCUT2D eigenvalue weighted by Crippen LogP contribution is 2.43. The van der Waals surface area contributed by atoms with Crippen molar-refractivity contribution in [3.63, 3.8) is 0 Å². The van der Waals surface area contributed by atoms with Gasteiger partial charge in [0.25, 0.3) is 0 Å². The van der Waals surface area contributed by atoms with Gasteiger partial charge in [0.2, 0.25) is 0 Å². The van der Waals surface area contributed by atoms with E-state index in [1.54, 1.807) is 0 Å². The van der Waals surface area contributed by atoms with Gasteiger partial charge < -0.3 is 25.4 Å². The third-order valence-electron chi connectivity index (χ3n) is 2.07. The number of carboxylic acids is 1. The molecule has 0 atom stereocenters. The van der Waals surface area contributed by atoms with Gasteiger partial charge in [-0.25, -0.2) is 4.79 Å². The van der Waals surface area contributed by atoms with Crippen LogP contribution in [0.4, 0.5) is 5.69 Å². The zero-order chi connectivity index (χ0) is 11.0. The van der Waals surface area contributed by atoms with Gasteiger partial charge in [0.05, 0.1) is 0 Å². The van der Waals surface area contributed by atoms with Gasteiger partial charge in [0.15, 0.2) is 17.2 Å². The maximum Gasteiger partial charge on any atom is 0.339 e. The Labute approximate surface area is 84.8 Å². The van der Waals surface area contributed by atoms with Crippen molar-refractivity contribution in [1.82, 2.24) is 0 Å². The fourth-order valence-corrected chi connectivity index (χ4v) is 1.36. The molecule has 0 spiro atoms. The highest BCUT2D eigenvalue weighted by atomic mass is 16.6. The third kappa shape index (κ3) is 1.39. The van der Waals surface area contributed by atoms with Crippen molar-refractivity contribution in [1.29, 1.82) is 0 Å². The molecule has 0 radical (unpaired) electrons. The minimum atomic E-state index is -1.27. The molecule has 15 heavy (non-hydrogen) atoms. The van der Waals surface area contributed by atoms with Gasteiger partial charge in [-0.3, -0.25) is 0 Å². The maximum atomic E-state index is 10.7. The first-order chi connectivity index (χ1) is 7.11. The summed E-state index contributed by atoms with van der Waals surface area (Å²) in [6.07, 6.45) is 0. The second-order valence-electron chi connectivity index (χ2n) is 3.02. The van der Waals surface area contributed by atoms with Crippen LogP contribution < -0.4 is 15.2 Å². The number of phenols is 1. The van der Waals surface area contributed by atoms with Gasteiger partial charge >= 0.3 is 5.97 Å².